The Morgan fingerprint density at radius 3 is 1.57 bits per heavy atom. The summed E-state index contributed by atoms with van der Waals surface area (Å²) in [6.07, 6.45) is 2.03. The molecule has 0 N–H and O–H groups in total. The molecule has 0 aromatic heterocycles. The van der Waals surface area contributed by atoms with Crippen molar-refractivity contribution in [3.05, 3.63) is 13.8 Å². The SMILES string of the molecule is [CH2-]CC(C)C[CH2-].[U]. The summed E-state index contributed by atoms with van der Waals surface area (Å²) in [5, 5.41) is 0. The Morgan fingerprint density at radius 1 is 1.29 bits per heavy atom. The molecule has 0 aliphatic heterocycles. The quantitative estimate of drug-likeness (QED) is 0.683. The molecule has 0 rings (SSSR count). The molecule has 0 nitrogen and oxygen atoms in total. The van der Waals surface area contributed by atoms with E-state index >= 15 is 0 Å². The van der Waals surface area contributed by atoms with Crippen LogP contribution >= 0.6 is 0 Å². The van der Waals surface area contributed by atoms with Gasteiger partial charge in [-0.2, -0.15) is 12.8 Å². The summed E-state index contributed by atoms with van der Waals surface area (Å²) in [6, 6.07) is 0. The molecule has 0 spiro atoms. The zero-order valence-electron chi connectivity index (χ0n) is 4.91. The van der Waals surface area contributed by atoms with Crippen LogP contribution in [0.25, 0.3) is 0 Å². The van der Waals surface area contributed by atoms with Crippen LogP contribution < -0.4 is 0 Å². The van der Waals surface area contributed by atoms with E-state index in [-0.39, 0.29) is 31.1 Å². The third kappa shape index (κ3) is 7.05. The van der Waals surface area contributed by atoms with Gasteiger partial charge in [0, 0.05) is 31.1 Å². The van der Waals surface area contributed by atoms with Crippen LogP contribution in [-0.4, -0.2) is 0 Å². The van der Waals surface area contributed by atoms with Gasteiger partial charge in [0.05, 0.1) is 0 Å². The van der Waals surface area contributed by atoms with Crippen molar-refractivity contribution in [2.45, 2.75) is 19.8 Å². The van der Waals surface area contributed by atoms with Crippen molar-refractivity contribution in [1.82, 2.24) is 0 Å². The molecule has 0 aromatic carbocycles. The molecule has 0 saturated carbocycles. The second kappa shape index (κ2) is 7.05. The van der Waals surface area contributed by atoms with Crippen molar-refractivity contribution in [2.24, 2.45) is 5.92 Å². The summed E-state index contributed by atoms with van der Waals surface area (Å²) in [5.41, 5.74) is 0. The third-order valence-electron chi connectivity index (χ3n) is 0.986. The molecular weight excluding hydrogens is 310 g/mol. The largest absolute Gasteiger partial charge is 0.343 e. The number of rotatable bonds is 2. The van der Waals surface area contributed by atoms with Crippen LogP contribution in [-0.2, 0) is 0 Å². The minimum absolute atomic E-state index is 0. The Bertz CT molecular complexity index is 23.4. The van der Waals surface area contributed by atoms with Crippen molar-refractivity contribution in [3.63, 3.8) is 0 Å². The molecule has 1 heteroatoms. The summed E-state index contributed by atoms with van der Waals surface area (Å²) >= 11 is 0. The Labute approximate surface area is 70.4 Å². The minimum Gasteiger partial charge on any atom is -0.343 e. The Hall–Kier alpha value is 1.05. The van der Waals surface area contributed by atoms with Crippen LogP contribution in [0, 0.1) is 50.9 Å². The van der Waals surface area contributed by atoms with E-state index in [0.717, 1.165) is 12.8 Å². The molecule has 0 aromatic rings. The molecule has 0 saturated heterocycles. The first kappa shape index (κ1) is 10.9. The van der Waals surface area contributed by atoms with Gasteiger partial charge >= 0.3 is 0 Å². The summed E-state index contributed by atoms with van der Waals surface area (Å²) < 4.78 is 0. The molecule has 0 radical (unpaired) electrons. The molecule has 0 amide bonds. The summed E-state index contributed by atoms with van der Waals surface area (Å²) in [7, 11) is 0. The molecule has 42 valence electrons. The predicted octanol–water partition coefficient (Wildman–Crippen LogP) is 2.07. The van der Waals surface area contributed by atoms with E-state index in [2.05, 4.69) is 20.8 Å². The Balaban J connectivity index is 0. The zero-order valence-corrected chi connectivity index (χ0v) is 9.07. The van der Waals surface area contributed by atoms with E-state index in [0.29, 0.717) is 5.92 Å². The molecule has 0 fully saturated rings. The van der Waals surface area contributed by atoms with E-state index in [4.69, 9.17) is 0 Å². The maximum atomic E-state index is 3.72. The van der Waals surface area contributed by atoms with E-state index in [1.165, 1.54) is 0 Å². The standard InChI is InChI=1S/C6H12.U/c1-4-6(3)5-2;/h6H,1-2,4-5H2,3H3;/q-2;. The average molecular weight is 322 g/mol. The Kier molecular flexibility index (Phi) is 11.0. The monoisotopic (exact) mass is 322 g/mol. The maximum Gasteiger partial charge on any atom is 0 e. The van der Waals surface area contributed by atoms with Gasteiger partial charge in [0.2, 0.25) is 0 Å². The van der Waals surface area contributed by atoms with Crippen molar-refractivity contribution >= 4 is 0 Å². The molecule has 0 heterocycles. The van der Waals surface area contributed by atoms with Crippen LogP contribution in [0.4, 0.5) is 0 Å². The third-order valence-corrected chi connectivity index (χ3v) is 0.986. The molecule has 0 unspecified atom stereocenters. The molecule has 0 aliphatic carbocycles. The predicted molar refractivity (Wildman–Crippen MR) is 29.1 cm³/mol. The second-order valence-electron chi connectivity index (χ2n) is 1.68. The smallest absolute Gasteiger partial charge is 0 e. The number of hydrogen-bond donors (Lipinski definition) is 0. The van der Waals surface area contributed by atoms with Gasteiger partial charge in [-0.1, -0.05) is 12.8 Å². The minimum atomic E-state index is 0. The average Bonchev–Trinajstić information content (AvgIpc) is 1.65. The van der Waals surface area contributed by atoms with Crippen molar-refractivity contribution < 1.29 is 31.1 Å². The molecule has 0 aliphatic rings. The Morgan fingerprint density at radius 2 is 1.57 bits per heavy atom. The van der Waals surface area contributed by atoms with Crippen LogP contribution in [0.5, 0.6) is 0 Å². The van der Waals surface area contributed by atoms with Gasteiger partial charge in [0.25, 0.3) is 0 Å². The van der Waals surface area contributed by atoms with Crippen LogP contribution in [0.3, 0.4) is 0 Å². The molecule has 7 heavy (non-hydrogen) atoms. The van der Waals surface area contributed by atoms with E-state index in [1.807, 2.05) is 0 Å². The number of hydrogen-bond acceptors (Lipinski definition) is 0. The summed E-state index contributed by atoms with van der Waals surface area (Å²) in [4.78, 5) is 0. The van der Waals surface area contributed by atoms with Crippen molar-refractivity contribution in [2.75, 3.05) is 0 Å². The van der Waals surface area contributed by atoms with Crippen molar-refractivity contribution in [1.29, 1.82) is 0 Å². The normalized spacial score (nSPS) is 8.57. The fraction of sp³-hybridized carbons (Fsp3) is 0.667. The summed E-state index contributed by atoms with van der Waals surface area (Å²) in [5.74, 6) is 0.713. The van der Waals surface area contributed by atoms with E-state index in [9.17, 15) is 0 Å². The summed E-state index contributed by atoms with van der Waals surface area (Å²) in [6.45, 7) is 9.59. The van der Waals surface area contributed by atoms with Crippen LogP contribution in [0.2, 0.25) is 0 Å². The first-order valence-corrected chi connectivity index (χ1v) is 2.39. The van der Waals surface area contributed by atoms with Gasteiger partial charge in [-0.05, 0) is 0 Å². The fourth-order valence-corrected chi connectivity index (χ4v) is 0.144. The molecular formula is C6H12U-2. The fourth-order valence-electron chi connectivity index (χ4n) is 0.144. The van der Waals surface area contributed by atoms with E-state index < -0.39 is 0 Å². The van der Waals surface area contributed by atoms with Gasteiger partial charge in [-0.25, -0.2) is 0 Å². The maximum absolute atomic E-state index is 3.72. The van der Waals surface area contributed by atoms with Crippen LogP contribution in [0.15, 0.2) is 0 Å². The topological polar surface area (TPSA) is 0 Å². The van der Waals surface area contributed by atoms with Gasteiger partial charge in [0.15, 0.2) is 0 Å². The van der Waals surface area contributed by atoms with Gasteiger partial charge in [0.1, 0.15) is 0 Å². The first-order chi connectivity index (χ1) is 2.81. The molecule has 0 bridgehead atoms. The molecule has 0 atom stereocenters. The van der Waals surface area contributed by atoms with Crippen molar-refractivity contribution in [3.8, 4) is 0 Å². The van der Waals surface area contributed by atoms with Gasteiger partial charge in [-0.3, -0.25) is 0 Å². The second-order valence-corrected chi connectivity index (χ2v) is 1.68. The van der Waals surface area contributed by atoms with E-state index in [1.54, 1.807) is 0 Å². The first-order valence-electron chi connectivity index (χ1n) is 2.39. The van der Waals surface area contributed by atoms with Gasteiger partial charge in [-0.15, -0.1) is 0 Å². The van der Waals surface area contributed by atoms with Gasteiger partial charge < -0.3 is 13.8 Å². The van der Waals surface area contributed by atoms with Crippen LogP contribution in [0.1, 0.15) is 19.8 Å². The zero-order chi connectivity index (χ0) is 4.99.